The molecule has 6 heteroatoms. The summed E-state index contributed by atoms with van der Waals surface area (Å²) in [5, 5.41) is 3.28. The number of rotatable bonds is 6. The molecule has 2 rings (SSSR count). The zero-order chi connectivity index (χ0) is 16.2. The second kappa shape index (κ2) is 6.81. The van der Waals surface area contributed by atoms with Gasteiger partial charge in [0.1, 0.15) is 0 Å². The van der Waals surface area contributed by atoms with Gasteiger partial charge in [-0.1, -0.05) is 19.1 Å². The Hall–Kier alpha value is -2.05. The summed E-state index contributed by atoms with van der Waals surface area (Å²) in [5.41, 5.74) is 3.72. The van der Waals surface area contributed by atoms with Crippen LogP contribution in [0.2, 0.25) is 0 Å². The van der Waals surface area contributed by atoms with Gasteiger partial charge in [0.15, 0.2) is 0 Å². The number of hydrogen-bond acceptors (Lipinski definition) is 3. The summed E-state index contributed by atoms with van der Waals surface area (Å²) in [6.45, 7) is 2.12. The second-order valence-electron chi connectivity index (χ2n) is 5.14. The van der Waals surface area contributed by atoms with E-state index in [2.05, 4.69) is 29.1 Å². The summed E-state index contributed by atoms with van der Waals surface area (Å²) in [6, 6.07) is 15.4. The van der Waals surface area contributed by atoms with E-state index in [9.17, 15) is 8.42 Å². The molecule has 0 amide bonds. The van der Waals surface area contributed by atoms with E-state index in [1.165, 1.54) is 19.7 Å². The van der Waals surface area contributed by atoms with Crippen LogP contribution in [0.1, 0.15) is 12.5 Å². The summed E-state index contributed by atoms with van der Waals surface area (Å²) >= 11 is 0. The standard InChI is InChI=1S/C16H21N3O2S/c1-4-13-5-7-14(8-6-13)17-15-9-11-16(12-10-15)18-22(20,21)19(2)3/h5-12,17-18H,4H2,1-3H3. The van der Waals surface area contributed by atoms with Crippen molar-refractivity contribution in [3.63, 3.8) is 0 Å². The molecule has 0 fully saturated rings. The van der Waals surface area contributed by atoms with Crippen molar-refractivity contribution in [1.29, 1.82) is 0 Å². The number of benzene rings is 2. The van der Waals surface area contributed by atoms with Crippen molar-refractivity contribution < 1.29 is 8.42 Å². The van der Waals surface area contributed by atoms with Gasteiger partial charge in [-0.25, -0.2) is 0 Å². The highest BCUT2D eigenvalue weighted by atomic mass is 32.2. The van der Waals surface area contributed by atoms with Gasteiger partial charge in [0.05, 0.1) is 0 Å². The zero-order valence-corrected chi connectivity index (χ0v) is 13.8. The van der Waals surface area contributed by atoms with Crippen LogP contribution < -0.4 is 10.0 Å². The third-order valence-corrected chi connectivity index (χ3v) is 4.72. The first-order chi connectivity index (χ1) is 10.4. The Balaban J connectivity index is 2.05. The second-order valence-corrected chi connectivity index (χ2v) is 7.03. The summed E-state index contributed by atoms with van der Waals surface area (Å²) in [7, 11) is -0.499. The Kier molecular flexibility index (Phi) is 5.05. The minimum atomic E-state index is -3.47. The van der Waals surface area contributed by atoms with Gasteiger partial charge in [-0.15, -0.1) is 0 Å². The molecule has 0 aliphatic rings. The van der Waals surface area contributed by atoms with Crippen LogP contribution in [0.5, 0.6) is 0 Å². The van der Waals surface area contributed by atoms with E-state index < -0.39 is 10.2 Å². The van der Waals surface area contributed by atoms with Gasteiger partial charge in [-0.2, -0.15) is 12.7 Å². The van der Waals surface area contributed by atoms with E-state index in [-0.39, 0.29) is 0 Å². The molecular weight excluding hydrogens is 298 g/mol. The van der Waals surface area contributed by atoms with Crippen molar-refractivity contribution in [2.24, 2.45) is 0 Å². The molecule has 22 heavy (non-hydrogen) atoms. The molecule has 0 atom stereocenters. The highest BCUT2D eigenvalue weighted by Crippen LogP contribution is 2.20. The molecule has 0 aromatic heterocycles. The molecule has 0 unspecified atom stereocenters. The highest BCUT2D eigenvalue weighted by Gasteiger charge is 2.12. The predicted molar refractivity (Wildman–Crippen MR) is 91.8 cm³/mol. The largest absolute Gasteiger partial charge is 0.356 e. The quantitative estimate of drug-likeness (QED) is 0.859. The Morgan fingerprint density at radius 2 is 1.32 bits per heavy atom. The van der Waals surface area contributed by atoms with Crippen LogP contribution in [-0.4, -0.2) is 26.8 Å². The van der Waals surface area contributed by atoms with Gasteiger partial charge in [0.2, 0.25) is 0 Å². The van der Waals surface area contributed by atoms with Crippen molar-refractivity contribution in [2.45, 2.75) is 13.3 Å². The van der Waals surface area contributed by atoms with Gasteiger partial charge in [0.25, 0.3) is 0 Å². The SMILES string of the molecule is CCc1ccc(Nc2ccc(NS(=O)(=O)N(C)C)cc2)cc1. The minimum Gasteiger partial charge on any atom is -0.356 e. The van der Waals surface area contributed by atoms with Crippen molar-refractivity contribution in [3.8, 4) is 0 Å². The molecule has 0 aliphatic carbocycles. The average Bonchev–Trinajstić information content (AvgIpc) is 2.49. The zero-order valence-electron chi connectivity index (χ0n) is 13.0. The van der Waals surface area contributed by atoms with E-state index >= 15 is 0 Å². The van der Waals surface area contributed by atoms with Crippen molar-refractivity contribution >= 4 is 27.3 Å². The summed E-state index contributed by atoms with van der Waals surface area (Å²) in [5.74, 6) is 0. The number of anilines is 3. The lowest BCUT2D eigenvalue weighted by Gasteiger charge is -2.14. The molecule has 0 spiro atoms. The molecule has 2 aromatic rings. The first kappa shape index (κ1) is 16.3. The van der Waals surface area contributed by atoms with Gasteiger partial charge in [-0.05, 0) is 48.4 Å². The number of nitrogens with zero attached hydrogens (tertiary/aromatic N) is 1. The van der Waals surface area contributed by atoms with E-state index in [1.807, 2.05) is 24.3 Å². The van der Waals surface area contributed by atoms with Gasteiger partial charge < -0.3 is 5.32 Å². The topological polar surface area (TPSA) is 61.4 Å². The normalized spacial score (nSPS) is 11.5. The lowest BCUT2D eigenvalue weighted by molar-refractivity contribution is 0.527. The first-order valence-electron chi connectivity index (χ1n) is 7.07. The molecule has 5 nitrogen and oxygen atoms in total. The average molecular weight is 319 g/mol. The number of hydrogen-bond donors (Lipinski definition) is 2. The third kappa shape index (κ3) is 4.22. The van der Waals surface area contributed by atoms with Crippen LogP contribution in [0.3, 0.4) is 0 Å². The van der Waals surface area contributed by atoms with Crippen LogP contribution in [0, 0.1) is 0 Å². The maximum atomic E-state index is 11.7. The van der Waals surface area contributed by atoms with E-state index in [1.54, 1.807) is 12.1 Å². The predicted octanol–water partition coefficient (Wildman–Crippen LogP) is 3.21. The van der Waals surface area contributed by atoms with Crippen LogP contribution in [0.15, 0.2) is 48.5 Å². The summed E-state index contributed by atoms with van der Waals surface area (Å²) < 4.78 is 27.1. The fourth-order valence-corrected chi connectivity index (χ4v) is 2.47. The van der Waals surface area contributed by atoms with Crippen molar-refractivity contribution in [3.05, 3.63) is 54.1 Å². The molecule has 0 heterocycles. The minimum absolute atomic E-state index is 0.528. The monoisotopic (exact) mass is 319 g/mol. The molecular formula is C16H21N3O2S. The van der Waals surface area contributed by atoms with Gasteiger partial charge in [-0.3, -0.25) is 4.72 Å². The molecule has 2 N–H and O–H groups in total. The summed E-state index contributed by atoms with van der Waals surface area (Å²) in [4.78, 5) is 0. The van der Waals surface area contributed by atoms with E-state index in [0.29, 0.717) is 5.69 Å². The van der Waals surface area contributed by atoms with Crippen molar-refractivity contribution in [2.75, 3.05) is 24.1 Å². The Morgan fingerprint density at radius 3 is 1.77 bits per heavy atom. The van der Waals surface area contributed by atoms with E-state index in [0.717, 1.165) is 22.1 Å². The van der Waals surface area contributed by atoms with Crippen LogP contribution in [0.25, 0.3) is 0 Å². The lowest BCUT2D eigenvalue weighted by atomic mass is 10.1. The number of nitrogens with one attached hydrogen (secondary N) is 2. The number of aryl methyl sites for hydroxylation is 1. The molecule has 0 bridgehead atoms. The highest BCUT2D eigenvalue weighted by molar-refractivity contribution is 7.90. The lowest BCUT2D eigenvalue weighted by Crippen LogP contribution is -2.28. The fourth-order valence-electron chi connectivity index (χ4n) is 1.85. The van der Waals surface area contributed by atoms with Crippen LogP contribution in [-0.2, 0) is 16.6 Å². The smallest absolute Gasteiger partial charge is 0.301 e. The maximum absolute atomic E-state index is 11.7. The molecule has 0 saturated heterocycles. The molecule has 0 saturated carbocycles. The Morgan fingerprint density at radius 1 is 0.864 bits per heavy atom. The van der Waals surface area contributed by atoms with Crippen LogP contribution in [0.4, 0.5) is 17.1 Å². The maximum Gasteiger partial charge on any atom is 0.301 e. The third-order valence-electron chi connectivity index (χ3n) is 3.26. The van der Waals surface area contributed by atoms with Crippen LogP contribution >= 0.6 is 0 Å². The summed E-state index contributed by atoms with van der Waals surface area (Å²) in [6.07, 6.45) is 1.01. The molecule has 0 aliphatic heterocycles. The Labute approximate surface area is 132 Å². The Bertz CT molecular complexity index is 708. The fraction of sp³-hybridized carbons (Fsp3) is 0.250. The first-order valence-corrected chi connectivity index (χ1v) is 8.51. The van der Waals surface area contributed by atoms with Crippen molar-refractivity contribution in [1.82, 2.24) is 4.31 Å². The molecule has 0 radical (unpaired) electrons. The van der Waals surface area contributed by atoms with E-state index in [4.69, 9.17) is 0 Å². The molecule has 118 valence electrons. The van der Waals surface area contributed by atoms with Gasteiger partial charge >= 0.3 is 10.2 Å². The van der Waals surface area contributed by atoms with Gasteiger partial charge in [0, 0.05) is 31.2 Å². The molecule has 2 aromatic carbocycles.